The van der Waals surface area contributed by atoms with E-state index in [9.17, 15) is 32.3 Å². The number of fused-ring (bicyclic) bond motifs is 1. The van der Waals surface area contributed by atoms with Crippen molar-refractivity contribution in [1.29, 1.82) is 0 Å². The van der Waals surface area contributed by atoms with Gasteiger partial charge in [-0.25, -0.2) is 27.7 Å². The van der Waals surface area contributed by atoms with E-state index in [1.807, 2.05) is 19.1 Å². The molecular weight excluding hydrogens is 603 g/mol. The van der Waals surface area contributed by atoms with Gasteiger partial charge >= 0.3 is 6.09 Å². The monoisotopic (exact) mass is 639 g/mol. The molecule has 9 nitrogen and oxygen atoms in total. The number of aromatic nitrogens is 1. The molecule has 0 unspecified atom stereocenters. The van der Waals surface area contributed by atoms with Crippen LogP contribution in [0.5, 0.6) is 5.75 Å². The van der Waals surface area contributed by atoms with Gasteiger partial charge in [0.05, 0.1) is 6.04 Å². The number of ketones is 1. The zero-order valence-electron chi connectivity index (χ0n) is 26.2. The molecule has 2 atom stereocenters. The first-order chi connectivity index (χ1) is 21.7. The Bertz CT molecular complexity index is 1690. The summed E-state index contributed by atoms with van der Waals surface area (Å²) in [5.74, 6) is -5.94. The molecule has 1 aliphatic rings. The third kappa shape index (κ3) is 8.04. The summed E-state index contributed by atoms with van der Waals surface area (Å²) in [5.41, 5.74) is -2.76. The van der Waals surface area contributed by atoms with Crippen LogP contribution >= 0.6 is 0 Å². The van der Waals surface area contributed by atoms with Gasteiger partial charge in [-0.1, -0.05) is 49.4 Å². The number of benzene rings is 2. The van der Waals surface area contributed by atoms with Crippen molar-refractivity contribution in [2.75, 3.05) is 5.01 Å². The summed E-state index contributed by atoms with van der Waals surface area (Å²) < 4.78 is 54.8. The zero-order chi connectivity index (χ0) is 33.8. The quantitative estimate of drug-likeness (QED) is 0.322. The van der Waals surface area contributed by atoms with Crippen LogP contribution in [0.2, 0.25) is 0 Å². The second-order valence-corrected chi connectivity index (χ2v) is 12.1. The van der Waals surface area contributed by atoms with Crippen molar-refractivity contribution in [3.05, 3.63) is 111 Å². The van der Waals surface area contributed by atoms with E-state index in [1.165, 1.54) is 0 Å². The van der Waals surface area contributed by atoms with Crippen molar-refractivity contribution >= 4 is 17.8 Å². The number of hydrogen-bond donors (Lipinski definition) is 1. The van der Waals surface area contributed by atoms with Gasteiger partial charge in [0.1, 0.15) is 35.2 Å². The predicted octanol–water partition coefficient (Wildman–Crippen LogP) is 6.21. The third-order valence-corrected chi connectivity index (χ3v) is 7.09. The second-order valence-electron chi connectivity index (χ2n) is 12.1. The Hall–Kier alpha value is -4.87. The van der Waals surface area contributed by atoms with Gasteiger partial charge in [0.2, 0.25) is 5.43 Å². The van der Waals surface area contributed by atoms with Crippen molar-refractivity contribution in [3.8, 4) is 5.75 Å². The van der Waals surface area contributed by atoms with Gasteiger partial charge in [0.25, 0.3) is 5.91 Å². The van der Waals surface area contributed by atoms with Crippen molar-refractivity contribution in [1.82, 2.24) is 9.99 Å². The number of nitrogens with one attached hydrogen (secondary N) is 1. The molecule has 2 heterocycles. The molecule has 1 aromatic heterocycles. The van der Waals surface area contributed by atoms with Crippen LogP contribution in [0, 0.1) is 23.4 Å². The van der Waals surface area contributed by atoms with Gasteiger partial charge < -0.3 is 14.8 Å². The van der Waals surface area contributed by atoms with Crippen LogP contribution in [-0.4, -0.2) is 34.1 Å². The van der Waals surface area contributed by atoms with E-state index >= 15 is 0 Å². The van der Waals surface area contributed by atoms with Crippen LogP contribution in [0.1, 0.15) is 79.4 Å². The van der Waals surface area contributed by atoms with Crippen molar-refractivity contribution in [2.24, 2.45) is 5.92 Å². The summed E-state index contributed by atoms with van der Waals surface area (Å²) in [4.78, 5) is 55.1. The van der Waals surface area contributed by atoms with Crippen molar-refractivity contribution < 1.29 is 37.0 Å². The van der Waals surface area contributed by atoms with Crippen LogP contribution in [0.15, 0.2) is 65.6 Å². The Kier molecular flexibility index (Phi) is 10.4. The largest absolute Gasteiger partial charge is 0.483 e. The molecule has 3 aromatic rings. The fourth-order valence-corrected chi connectivity index (χ4v) is 4.89. The average Bonchev–Trinajstić information content (AvgIpc) is 2.95. The highest BCUT2D eigenvalue weighted by Crippen LogP contribution is 2.26. The molecule has 0 spiro atoms. The maximum Gasteiger partial charge on any atom is 0.429 e. The smallest absolute Gasteiger partial charge is 0.429 e. The molecule has 0 bridgehead atoms. The van der Waals surface area contributed by atoms with Gasteiger partial charge in [-0.15, -0.1) is 0 Å². The van der Waals surface area contributed by atoms with Crippen molar-refractivity contribution in [3.63, 3.8) is 0 Å². The van der Waals surface area contributed by atoms with Gasteiger partial charge in [0.15, 0.2) is 17.2 Å². The Balaban J connectivity index is 1.91. The van der Waals surface area contributed by atoms with E-state index in [1.54, 1.807) is 58.0 Å². The zero-order valence-corrected chi connectivity index (χ0v) is 26.2. The number of pyridine rings is 1. The van der Waals surface area contributed by atoms with Crippen LogP contribution < -0.4 is 20.5 Å². The lowest BCUT2D eigenvalue weighted by Crippen LogP contribution is -2.51. The SMILES string of the molecule is C[C@@H]1C/C=C\[C@H](C)CC(=O)c2c(OCc3ccccc3)c(=O)c(C(=O)NCc3c(F)cc(F)cc3F)cn2N1C(=O)OC(C)(C)C. The van der Waals surface area contributed by atoms with E-state index in [2.05, 4.69) is 5.32 Å². The summed E-state index contributed by atoms with van der Waals surface area (Å²) in [5, 5.41) is 3.41. The number of amides is 2. The fraction of sp³-hybridized carbons (Fsp3) is 0.353. The number of ether oxygens (including phenoxy) is 2. The molecule has 2 amide bonds. The van der Waals surface area contributed by atoms with Crippen molar-refractivity contribution in [2.45, 2.75) is 72.3 Å². The molecule has 0 saturated carbocycles. The number of allylic oxidation sites excluding steroid dienone is 1. The molecule has 0 saturated heterocycles. The number of carbonyl (C=O) groups is 3. The molecule has 1 aliphatic heterocycles. The molecule has 2 aromatic carbocycles. The topological polar surface area (TPSA) is 107 Å². The minimum absolute atomic E-state index is 0.0527. The highest BCUT2D eigenvalue weighted by Gasteiger charge is 2.35. The van der Waals surface area contributed by atoms with Crippen LogP contribution in [0.25, 0.3) is 0 Å². The molecule has 0 fully saturated rings. The minimum Gasteiger partial charge on any atom is -0.483 e. The number of Topliss-reactive ketones (excluding diaryl/α,β-unsaturated/α-hetero) is 1. The molecule has 0 aliphatic carbocycles. The van der Waals surface area contributed by atoms with E-state index < -0.39 is 75.7 Å². The summed E-state index contributed by atoms with van der Waals surface area (Å²) in [7, 11) is 0. The second kappa shape index (κ2) is 14.1. The Morgan fingerprint density at radius 3 is 2.30 bits per heavy atom. The van der Waals surface area contributed by atoms with Gasteiger partial charge in [-0.2, -0.15) is 0 Å². The van der Waals surface area contributed by atoms with Crippen LogP contribution in [0.3, 0.4) is 0 Å². The summed E-state index contributed by atoms with van der Waals surface area (Å²) in [6.07, 6.45) is 4.11. The van der Waals surface area contributed by atoms with E-state index in [0.29, 0.717) is 24.1 Å². The first-order valence-electron chi connectivity index (χ1n) is 14.8. The van der Waals surface area contributed by atoms with Gasteiger partial charge in [-0.05, 0) is 45.6 Å². The molecule has 1 N–H and O–H groups in total. The number of rotatable bonds is 6. The Labute approximate surface area is 264 Å². The lowest BCUT2D eigenvalue weighted by molar-refractivity contribution is 0.0517. The van der Waals surface area contributed by atoms with E-state index in [-0.39, 0.29) is 24.6 Å². The van der Waals surface area contributed by atoms with Crippen LogP contribution in [0.4, 0.5) is 18.0 Å². The fourth-order valence-electron chi connectivity index (χ4n) is 4.89. The predicted molar refractivity (Wildman–Crippen MR) is 165 cm³/mol. The Morgan fingerprint density at radius 1 is 1.02 bits per heavy atom. The molecular formula is C34H36F3N3O6. The van der Waals surface area contributed by atoms with Crippen LogP contribution in [-0.2, 0) is 17.9 Å². The summed E-state index contributed by atoms with van der Waals surface area (Å²) in [6.45, 7) is 7.63. The van der Waals surface area contributed by atoms with Gasteiger partial charge in [0, 0.05) is 36.9 Å². The first kappa shape index (κ1) is 34.0. The molecule has 46 heavy (non-hydrogen) atoms. The summed E-state index contributed by atoms with van der Waals surface area (Å²) >= 11 is 0. The highest BCUT2D eigenvalue weighted by atomic mass is 19.1. The van der Waals surface area contributed by atoms with E-state index in [0.717, 1.165) is 15.9 Å². The minimum atomic E-state index is -1.23. The molecule has 12 heteroatoms. The lowest BCUT2D eigenvalue weighted by Gasteiger charge is -2.35. The third-order valence-electron chi connectivity index (χ3n) is 7.09. The maximum atomic E-state index is 14.3. The number of hydrogen-bond acceptors (Lipinski definition) is 6. The average molecular weight is 640 g/mol. The number of nitrogens with zero attached hydrogens (tertiary/aromatic N) is 2. The Morgan fingerprint density at radius 2 is 1.67 bits per heavy atom. The normalized spacial score (nSPS) is 17.6. The lowest BCUT2D eigenvalue weighted by atomic mass is 9.99. The van der Waals surface area contributed by atoms with E-state index in [4.69, 9.17) is 9.47 Å². The first-order valence-corrected chi connectivity index (χ1v) is 14.8. The highest BCUT2D eigenvalue weighted by molar-refractivity contribution is 6.00. The standard InChI is InChI=1S/C34H36F3N3O6/c1-20-10-9-11-21(2)40(33(44)46-34(3,4)5)39-18-25(32(43)38-17-24-26(36)15-23(35)16-27(24)37)30(42)31(29(39)28(41)14-20)45-19-22-12-7-6-8-13-22/h6-10,12-13,15-16,18,20-21H,11,14,17,19H2,1-5H3,(H,38,43)/b10-9-/t20-,21+/m0/s1. The maximum absolute atomic E-state index is 14.3. The number of halogens is 3. The molecule has 4 rings (SSSR count). The molecule has 244 valence electrons. The molecule has 0 radical (unpaired) electrons. The number of carbonyl (C=O) groups excluding carboxylic acids is 3. The summed E-state index contributed by atoms with van der Waals surface area (Å²) in [6, 6.07) is 9.06. The van der Waals surface area contributed by atoms with Gasteiger partial charge in [-0.3, -0.25) is 14.4 Å².